The van der Waals surface area contributed by atoms with Crippen LogP contribution in [0.4, 0.5) is 0 Å². The number of rotatable bonds is 3. The van der Waals surface area contributed by atoms with E-state index in [1.165, 1.54) is 0 Å². The van der Waals surface area contributed by atoms with Crippen LogP contribution in [-0.2, 0) is 13.6 Å². The summed E-state index contributed by atoms with van der Waals surface area (Å²) in [6.07, 6.45) is 5.04. The lowest BCUT2D eigenvalue weighted by atomic mass is 10.3. The Morgan fingerprint density at radius 2 is 2.28 bits per heavy atom. The molecule has 0 bridgehead atoms. The molecule has 0 fully saturated rings. The number of nitro groups is 1. The number of hydrogen-bond donors (Lipinski definition) is 0. The molecular formula is C10H10ClN5O2. The maximum Gasteiger partial charge on any atom is 0.282 e. The normalized spacial score (nSPS) is 11.8. The molecule has 0 amide bonds. The highest BCUT2D eigenvalue weighted by Crippen LogP contribution is 2.06. The van der Waals surface area contributed by atoms with Crippen LogP contribution in [0.5, 0.6) is 0 Å². The predicted octanol–water partition coefficient (Wildman–Crippen LogP) is 1.02. The second-order valence-electron chi connectivity index (χ2n) is 3.66. The topological polar surface area (TPSA) is 78.2 Å². The van der Waals surface area contributed by atoms with Gasteiger partial charge in [0.1, 0.15) is 10.3 Å². The Morgan fingerprint density at radius 3 is 2.89 bits per heavy atom. The van der Waals surface area contributed by atoms with Crippen molar-refractivity contribution in [3.05, 3.63) is 57.2 Å². The zero-order valence-electron chi connectivity index (χ0n) is 9.52. The Labute approximate surface area is 107 Å². The van der Waals surface area contributed by atoms with Crippen LogP contribution >= 0.6 is 11.6 Å². The third kappa shape index (κ3) is 2.75. The fourth-order valence-electron chi connectivity index (χ4n) is 1.54. The Morgan fingerprint density at radius 1 is 1.50 bits per heavy atom. The van der Waals surface area contributed by atoms with E-state index in [1.54, 1.807) is 40.8 Å². The highest BCUT2D eigenvalue weighted by molar-refractivity contribution is 6.29. The summed E-state index contributed by atoms with van der Waals surface area (Å²) in [5, 5.41) is 13.5. The van der Waals surface area contributed by atoms with Gasteiger partial charge in [0.25, 0.3) is 5.62 Å². The highest BCUT2D eigenvalue weighted by Gasteiger charge is 2.04. The predicted molar refractivity (Wildman–Crippen MR) is 64.3 cm³/mol. The molecule has 0 aliphatic heterocycles. The maximum absolute atomic E-state index is 10.5. The van der Waals surface area contributed by atoms with E-state index in [0.29, 0.717) is 11.7 Å². The zero-order valence-corrected chi connectivity index (χ0v) is 10.3. The molecule has 0 saturated heterocycles. The average Bonchev–Trinajstić information content (AvgIpc) is 2.64. The summed E-state index contributed by atoms with van der Waals surface area (Å²) in [5.74, 6) is 0. The summed E-state index contributed by atoms with van der Waals surface area (Å²) in [5.41, 5.74) is 1.14. The van der Waals surface area contributed by atoms with Crippen molar-refractivity contribution < 1.29 is 5.03 Å². The van der Waals surface area contributed by atoms with Crippen LogP contribution in [-0.4, -0.2) is 19.2 Å². The van der Waals surface area contributed by atoms with Crippen molar-refractivity contribution in [1.29, 1.82) is 0 Å². The molecule has 18 heavy (non-hydrogen) atoms. The first kappa shape index (κ1) is 12.3. The van der Waals surface area contributed by atoms with E-state index in [9.17, 15) is 10.1 Å². The van der Waals surface area contributed by atoms with Crippen LogP contribution < -0.4 is 5.62 Å². The average molecular weight is 268 g/mol. The molecule has 0 radical (unpaired) electrons. The molecule has 2 aromatic heterocycles. The molecule has 0 atom stereocenters. The lowest BCUT2D eigenvalue weighted by Gasteiger charge is -2.02. The third-order valence-electron chi connectivity index (χ3n) is 2.36. The van der Waals surface area contributed by atoms with Crippen molar-refractivity contribution in [2.24, 2.45) is 12.1 Å². The van der Waals surface area contributed by atoms with Gasteiger partial charge < -0.3 is 9.13 Å². The van der Waals surface area contributed by atoms with Crippen molar-refractivity contribution in [3.63, 3.8) is 0 Å². The molecule has 0 aromatic carbocycles. The molecule has 0 aliphatic carbocycles. The van der Waals surface area contributed by atoms with Crippen LogP contribution in [0.3, 0.4) is 0 Å². The lowest BCUT2D eigenvalue weighted by molar-refractivity contribution is -0.491. The molecular weight excluding hydrogens is 258 g/mol. The highest BCUT2D eigenvalue weighted by atomic mass is 35.5. The van der Waals surface area contributed by atoms with E-state index >= 15 is 0 Å². The molecule has 0 unspecified atom stereocenters. The number of nitrogens with zero attached hydrogens (tertiary/aromatic N) is 5. The summed E-state index contributed by atoms with van der Waals surface area (Å²) in [6, 6.07) is 3.48. The van der Waals surface area contributed by atoms with Crippen LogP contribution in [0.15, 0.2) is 35.8 Å². The van der Waals surface area contributed by atoms with Gasteiger partial charge in [-0.2, -0.15) is 0 Å². The molecule has 0 spiro atoms. The summed E-state index contributed by atoms with van der Waals surface area (Å²) in [4.78, 5) is 14.4. The van der Waals surface area contributed by atoms with Crippen LogP contribution in [0.2, 0.25) is 5.15 Å². The van der Waals surface area contributed by atoms with Gasteiger partial charge in [0.05, 0.1) is 6.54 Å². The summed E-state index contributed by atoms with van der Waals surface area (Å²) < 4.78 is 3.24. The van der Waals surface area contributed by atoms with E-state index in [1.807, 2.05) is 6.07 Å². The largest absolute Gasteiger partial charge is 0.315 e. The summed E-state index contributed by atoms with van der Waals surface area (Å²) in [6.45, 7) is 0.442. The van der Waals surface area contributed by atoms with Crippen LogP contribution in [0.1, 0.15) is 5.56 Å². The number of aryl methyl sites for hydroxylation is 1. The number of halogens is 1. The first-order valence-corrected chi connectivity index (χ1v) is 5.45. The number of aromatic nitrogens is 3. The Kier molecular flexibility index (Phi) is 3.42. The molecule has 94 valence electrons. The van der Waals surface area contributed by atoms with Gasteiger partial charge in [0.2, 0.25) is 0 Å². The molecule has 8 heteroatoms. The summed E-state index contributed by atoms with van der Waals surface area (Å²) >= 11 is 5.69. The van der Waals surface area contributed by atoms with Gasteiger partial charge in [0.15, 0.2) is 5.03 Å². The molecule has 0 aliphatic rings. The fourth-order valence-corrected chi connectivity index (χ4v) is 1.65. The Hall–Kier alpha value is -2.15. The lowest BCUT2D eigenvalue weighted by Crippen LogP contribution is -2.26. The van der Waals surface area contributed by atoms with Gasteiger partial charge in [-0.25, -0.2) is 15.1 Å². The Balaban J connectivity index is 2.35. The van der Waals surface area contributed by atoms with Crippen molar-refractivity contribution >= 4 is 11.6 Å². The minimum absolute atomic E-state index is 0.259. The second-order valence-corrected chi connectivity index (χ2v) is 4.05. The molecule has 2 heterocycles. The van der Waals surface area contributed by atoms with Gasteiger partial charge in [-0.15, -0.1) is 0 Å². The van der Waals surface area contributed by atoms with E-state index < -0.39 is 5.03 Å². The van der Waals surface area contributed by atoms with Gasteiger partial charge in [-0.05, 0) is 11.6 Å². The smallest absolute Gasteiger partial charge is 0.282 e. The quantitative estimate of drug-likeness (QED) is 0.473. The van der Waals surface area contributed by atoms with E-state index in [-0.39, 0.29) is 5.62 Å². The first-order valence-electron chi connectivity index (χ1n) is 5.07. The van der Waals surface area contributed by atoms with Crippen molar-refractivity contribution in [3.8, 4) is 0 Å². The van der Waals surface area contributed by atoms with Gasteiger partial charge in [0, 0.05) is 25.6 Å². The monoisotopic (exact) mass is 267 g/mol. The maximum atomic E-state index is 10.5. The SMILES string of the molecule is Cn1ccn(Cc2ccc(Cl)nc2)c1=N[N+](=O)[O-]. The fraction of sp³-hybridized carbons (Fsp3) is 0.200. The van der Waals surface area contributed by atoms with E-state index in [0.717, 1.165) is 5.56 Å². The number of pyridine rings is 1. The second kappa shape index (κ2) is 5.01. The van der Waals surface area contributed by atoms with Crippen LogP contribution in [0, 0.1) is 10.1 Å². The number of imidazole rings is 1. The molecule has 0 N–H and O–H groups in total. The van der Waals surface area contributed by atoms with Gasteiger partial charge in [-0.1, -0.05) is 17.7 Å². The molecule has 2 rings (SSSR count). The molecule has 2 aromatic rings. The molecule has 0 saturated carbocycles. The Bertz CT molecular complexity index is 628. The van der Waals surface area contributed by atoms with Crippen molar-refractivity contribution in [2.45, 2.75) is 6.54 Å². The van der Waals surface area contributed by atoms with Crippen molar-refractivity contribution in [1.82, 2.24) is 14.1 Å². The molecule has 7 nitrogen and oxygen atoms in total. The van der Waals surface area contributed by atoms with E-state index in [4.69, 9.17) is 11.6 Å². The van der Waals surface area contributed by atoms with Gasteiger partial charge in [-0.3, -0.25) is 0 Å². The first-order chi connectivity index (χ1) is 8.56. The minimum atomic E-state index is -0.716. The van der Waals surface area contributed by atoms with Crippen molar-refractivity contribution in [2.75, 3.05) is 0 Å². The minimum Gasteiger partial charge on any atom is -0.315 e. The van der Waals surface area contributed by atoms with Gasteiger partial charge >= 0.3 is 0 Å². The van der Waals surface area contributed by atoms with E-state index in [2.05, 4.69) is 10.1 Å². The number of hydrogen-bond acceptors (Lipinski definition) is 3. The summed E-state index contributed by atoms with van der Waals surface area (Å²) in [7, 11) is 1.69. The standard InChI is InChI=1S/C10H10ClN5O2/c1-14-4-5-15(10(14)13-16(17)18)7-8-2-3-9(11)12-6-8/h2-6H,7H2,1H3. The van der Waals surface area contributed by atoms with Crippen LogP contribution in [0.25, 0.3) is 0 Å². The third-order valence-corrected chi connectivity index (χ3v) is 2.58. The zero-order chi connectivity index (χ0) is 13.1.